The van der Waals surface area contributed by atoms with E-state index in [4.69, 9.17) is 0 Å². The van der Waals surface area contributed by atoms with Crippen LogP contribution < -0.4 is 0 Å². The van der Waals surface area contributed by atoms with Gasteiger partial charge in [0.15, 0.2) is 3.79 Å². The first kappa shape index (κ1) is 5.54. The second-order valence-electron chi connectivity index (χ2n) is 2.00. The van der Waals surface area contributed by atoms with Gasteiger partial charge in [0.05, 0.1) is 0 Å². The van der Waals surface area contributed by atoms with Crippen molar-refractivity contribution in [3.8, 4) is 0 Å². The van der Waals surface area contributed by atoms with Crippen molar-refractivity contribution in [2.75, 3.05) is 0 Å². The third-order valence-electron chi connectivity index (χ3n) is 1.15. The summed E-state index contributed by atoms with van der Waals surface area (Å²) in [6.45, 7) is 0. The minimum absolute atomic E-state index is 0.320. The normalized spacial score (nSPS) is 19.6. The third-order valence-corrected chi connectivity index (χ3v) is 1.59. The van der Waals surface area contributed by atoms with E-state index in [2.05, 4.69) is 0 Å². The maximum absolute atomic E-state index is 10.3. The molecule has 0 radical (unpaired) electrons. The van der Waals surface area contributed by atoms with Crippen LogP contribution in [0.15, 0.2) is 0 Å². The monoisotopic (exact) mass is 210 g/mol. The number of hydrogen-bond acceptors (Lipinski definition) is 1. The number of rotatable bonds is 2. The molecule has 1 saturated carbocycles. The zero-order chi connectivity index (χ0) is 5.28. The Labute approximate surface area is 56.6 Å². The van der Waals surface area contributed by atoms with E-state index in [-0.39, 0.29) is 0 Å². The summed E-state index contributed by atoms with van der Waals surface area (Å²) in [6, 6.07) is 0. The van der Waals surface area contributed by atoms with Crippen LogP contribution in [-0.2, 0) is 4.79 Å². The van der Waals surface area contributed by atoms with Crippen LogP contribution in [0.5, 0.6) is 0 Å². The van der Waals surface area contributed by atoms with Gasteiger partial charge in [0, 0.05) is 6.42 Å². The maximum Gasteiger partial charge on any atom is 0.192 e. The quantitative estimate of drug-likeness (QED) is 0.501. The summed E-state index contributed by atoms with van der Waals surface area (Å²) in [5.74, 6) is 0.768. The van der Waals surface area contributed by atoms with Crippen LogP contribution >= 0.6 is 22.6 Å². The van der Waals surface area contributed by atoms with E-state index in [1.54, 1.807) is 0 Å². The van der Waals surface area contributed by atoms with Crippen molar-refractivity contribution < 1.29 is 4.79 Å². The van der Waals surface area contributed by atoms with E-state index >= 15 is 0 Å². The topological polar surface area (TPSA) is 17.1 Å². The fourth-order valence-electron chi connectivity index (χ4n) is 0.549. The Bertz CT molecular complexity index is 86.1. The molecule has 0 unspecified atom stereocenters. The highest BCUT2D eigenvalue weighted by Crippen LogP contribution is 2.33. The molecule has 0 heterocycles. The van der Waals surface area contributed by atoms with Gasteiger partial charge >= 0.3 is 0 Å². The van der Waals surface area contributed by atoms with E-state index in [1.165, 1.54) is 12.8 Å². The van der Waals surface area contributed by atoms with Gasteiger partial charge in [-0.1, -0.05) is 0 Å². The molecule has 1 rings (SSSR count). The fourth-order valence-corrected chi connectivity index (χ4v) is 1.17. The Balaban J connectivity index is 2.08. The molecule has 0 atom stereocenters. The molecule has 0 bridgehead atoms. The Kier molecular flexibility index (Phi) is 1.67. The van der Waals surface area contributed by atoms with Crippen molar-refractivity contribution >= 4 is 26.4 Å². The molecule has 1 nitrogen and oxygen atoms in total. The zero-order valence-electron chi connectivity index (χ0n) is 3.98. The van der Waals surface area contributed by atoms with Crippen molar-refractivity contribution in [2.45, 2.75) is 19.3 Å². The molecule has 0 aliphatic heterocycles. The summed E-state index contributed by atoms with van der Waals surface area (Å²) in [5, 5.41) is 0. The minimum atomic E-state index is 0.320. The SMILES string of the molecule is O=C(I)CC1CC1. The van der Waals surface area contributed by atoms with Gasteiger partial charge in [-0.3, -0.25) is 4.79 Å². The van der Waals surface area contributed by atoms with E-state index in [0.717, 1.165) is 12.3 Å². The van der Waals surface area contributed by atoms with E-state index in [1.807, 2.05) is 22.6 Å². The average molecular weight is 210 g/mol. The molecule has 0 N–H and O–H groups in total. The number of halogens is 1. The molecule has 0 spiro atoms. The van der Waals surface area contributed by atoms with Gasteiger partial charge in [0.2, 0.25) is 0 Å². The van der Waals surface area contributed by atoms with Gasteiger partial charge in [-0.2, -0.15) is 0 Å². The highest BCUT2D eigenvalue weighted by molar-refractivity contribution is 14.1. The Morgan fingerprint density at radius 3 is 2.43 bits per heavy atom. The lowest BCUT2D eigenvalue weighted by molar-refractivity contribution is -0.109. The molecule has 0 amide bonds. The number of carbonyl (C=O) groups excluding carboxylic acids is 1. The summed E-state index contributed by atoms with van der Waals surface area (Å²) in [5.41, 5.74) is 0. The molecular formula is C5H7IO. The van der Waals surface area contributed by atoms with E-state index in [9.17, 15) is 4.79 Å². The molecule has 2 heteroatoms. The first-order valence-corrected chi connectivity index (χ1v) is 3.55. The van der Waals surface area contributed by atoms with Gasteiger partial charge < -0.3 is 0 Å². The van der Waals surface area contributed by atoms with Crippen molar-refractivity contribution in [1.82, 2.24) is 0 Å². The van der Waals surface area contributed by atoms with Crippen LogP contribution in [0.4, 0.5) is 0 Å². The molecule has 0 aromatic carbocycles. The van der Waals surface area contributed by atoms with Gasteiger partial charge in [-0.25, -0.2) is 0 Å². The van der Waals surface area contributed by atoms with Gasteiger partial charge in [0.1, 0.15) is 0 Å². The number of hydrogen-bond donors (Lipinski definition) is 0. The lowest BCUT2D eigenvalue weighted by Crippen LogP contribution is -1.83. The lowest BCUT2D eigenvalue weighted by Gasteiger charge is -1.81. The highest BCUT2D eigenvalue weighted by Gasteiger charge is 2.22. The van der Waals surface area contributed by atoms with Gasteiger partial charge in [0.25, 0.3) is 0 Å². The predicted molar refractivity (Wildman–Crippen MR) is 36.4 cm³/mol. The standard InChI is InChI=1S/C5H7IO/c6-5(7)3-4-1-2-4/h4H,1-3H2. The summed E-state index contributed by atoms with van der Waals surface area (Å²) < 4.78 is 0.320. The first-order chi connectivity index (χ1) is 3.29. The molecule has 0 saturated heterocycles. The van der Waals surface area contributed by atoms with E-state index in [0.29, 0.717) is 3.79 Å². The number of carbonyl (C=O) groups is 1. The van der Waals surface area contributed by atoms with Crippen molar-refractivity contribution in [1.29, 1.82) is 0 Å². The van der Waals surface area contributed by atoms with Crippen LogP contribution in [0.3, 0.4) is 0 Å². The molecule has 7 heavy (non-hydrogen) atoms. The van der Waals surface area contributed by atoms with Crippen LogP contribution in [0.2, 0.25) is 0 Å². The largest absolute Gasteiger partial charge is 0.288 e. The van der Waals surface area contributed by atoms with Crippen molar-refractivity contribution in [3.63, 3.8) is 0 Å². The predicted octanol–water partition coefficient (Wildman–Crippen LogP) is 1.75. The molecule has 0 aromatic rings. The van der Waals surface area contributed by atoms with Gasteiger partial charge in [-0.15, -0.1) is 0 Å². The zero-order valence-corrected chi connectivity index (χ0v) is 6.14. The maximum atomic E-state index is 10.3. The summed E-state index contributed by atoms with van der Waals surface area (Å²) >= 11 is 1.86. The third kappa shape index (κ3) is 2.26. The average Bonchev–Trinajstić information content (AvgIpc) is 2.17. The van der Waals surface area contributed by atoms with Crippen molar-refractivity contribution in [2.24, 2.45) is 5.92 Å². The Morgan fingerprint density at radius 1 is 1.71 bits per heavy atom. The van der Waals surface area contributed by atoms with Crippen LogP contribution in [0, 0.1) is 5.92 Å². The minimum Gasteiger partial charge on any atom is -0.288 e. The Hall–Kier alpha value is 0.400. The molecule has 1 aliphatic carbocycles. The molecule has 1 aliphatic rings. The fraction of sp³-hybridized carbons (Fsp3) is 0.800. The molecule has 0 aromatic heterocycles. The summed E-state index contributed by atoms with van der Waals surface area (Å²) in [6.07, 6.45) is 3.39. The van der Waals surface area contributed by atoms with Crippen molar-refractivity contribution in [3.05, 3.63) is 0 Å². The summed E-state index contributed by atoms with van der Waals surface area (Å²) in [7, 11) is 0. The van der Waals surface area contributed by atoms with Gasteiger partial charge in [-0.05, 0) is 41.4 Å². The molecule has 1 fully saturated rings. The van der Waals surface area contributed by atoms with Crippen LogP contribution in [0.25, 0.3) is 0 Å². The smallest absolute Gasteiger partial charge is 0.192 e. The second kappa shape index (κ2) is 2.11. The van der Waals surface area contributed by atoms with E-state index < -0.39 is 0 Å². The second-order valence-corrected chi connectivity index (χ2v) is 3.21. The summed E-state index contributed by atoms with van der Waals surface area (Å²) in [4.78, 5) is 10.3. The Morgan fingerprint density at radius 2 is 2.29 bits per heavy atom. The molecular weight excluding hydrogens is 203 g/mol. The molecule has 40 valence electrons. The first-order valence-electron chi connectivity index (χ1n) is 2.47. The highest BCUT2D eigenvalue weighted by atomic mass is 127. The van der Waals surface area contributed by atoms with Crippen LogP contribution in [-0.4, -0.2) is 3.79 Å². The van der Waals surface area contributed by atoms with Crippen LogP contribution in [0.1, 0.15) is 19.3 Å². The lowest BCUT2D eigenvalue weighted by atomic mass is 10.3.